The van der Waals surface area contributed by atoms with E-state index in [1.807, 2.05) is 11.8 Å². The third kappa shape index (κ3) is 5.84. The van der Waals surface area contributed by atoms with Crippen LogP contribution in [0.15, 0.2) is 108 Å². The smallest absolute Gasteiger partial charge is 0.318 e. The lowest BCUT2D eigenvalue weighted by Gasteiger charge is -2.25. The first-order chi connectivity index (χ1) is 18.6. The Balaban J connectivity index is 1.32. The molecule has 0 radical (unpaired) electrons. The van der Waals surface area contributed by atoms with Crippen LogP contribution in [0.2, 0.25) is 0 Å². The first kappa shape index (κ1) is 25.8. The minimum absolute atomic E-state index is 0.887. The molecule has 0 aliphatic carbocycles. The van der Waals surface area contributed by atoms with E-state index in [0.717, 1.165) is 25.4 Å². The zero-order valence-electron chi connectivity index (χ0n) is 22.5. The average Bonchev–Trinajstić information content (AvgIpc) is 3.21. The SMILES string of the molecule is CC[n+]1ccccc1/C=C/c1ccc(N(CCSc2n(C)c3ccccc3[n+]2C)Cc2ccccc2)cc1. The topological polar surface area (TPSA) is 15.9 Å². The predicted octanol–water partition coefficient (Wildman–Crippen LogP) is 6.28. The Bertz CT molecular complexity index is 1480. The molecule has 0 amide bonds. The number of thioether (sulfide) groups is 1. The lowest BCUT2D eigenvalue weighted by molar-refractivity contribution is -0.695. The Kier molecular flexibility index (Phi) is 8.25. The van der Waals surface area contributed by atoms with E-state index >= 15 is 0 Å². The zero-order valence-corrected chi connectivity index (χ0v) is 23.3. The number of hydrogen-bond donors (Lipinski definition) is 0. The van der Waals surface area contributed by atoms with Crippen LogP contribution < -0.4 is 14.0 Å². The lowest BCUT2D eigenvalue weighted by atomic mass is 10.1. The third-order valence-electron chi connectivity index (χ3n) is 7.01. The molecule has 5 rings (SSSR count). The van der Waals surface area contributed by atoms with Gasteiger partial charge in [-0.1, -0.05) is 54.6 Å². The van der Waals surface area contributed by atoms with Gasteiger partial charge in [-0.05, 0) is 66.2 Å². The first-order valence-electron chi connectivity index (χ1n) is 13.3. The molecule has 5 heteroatoms. The third-order valence-corrected chi connectivity index (χ3v) is 8.20. The van der Waals surface area contributed by atoms with Gasteiger partial charge in [-0.15, -0.1) is 0 Å². The minimum Gasteiger partial charge on any atom is -0.366 e. The molecule has 0 aliphatic rings. The van der Waals surface area contributed by atoms with Gasteiger partial charge in [0.2, 0.25) is 5.69 Å². The molecule has 0 unspecified atom stereocenters. The summed E-state index contributed by atoms with van der Waals surface area (Å²) in [5.74, 6) is 0.998. The summed E-state index contributed by atoms with van der Waals surface area (Å²) in [6.07, 6.45) is 6.52. The van der Waals surface area contributed by atoms with Crippen LogP contribution >= 0.6 is 11.8 Å². The number of fused-ring (bicyclic) bond motifs is 1. The summed E-state index contributed by atoms with van der Waals surface area (Å²) in [5.41, 5.74) is 7.52. The summed E-state index contributed by atoms with van der Waals surface area (Å²) in [7, 11) is 4.33. The number of para-hydroxylation sites is 2. The first-order valence-corrected chi connectivity index (χ1v) is 14.2. The summed E-state index contributed by atoms with van der Waals surface area (Å²) < 4.78 is 6.86. The van der Waals surface area contributed by atoms with Crippen LogP contribution in [0, 0.1) is 0 Å². The Hall–Kier alpha value is -3.83. The molecule has 0 N–H and O–H groups in total. The van der Waals surface area contributed by atoms with E-state index in [-0.39, 0.29) is 0 Å². The van der Waals surface area contributed by atoms with Crippen molar-refractivity contribution >= 4 is 40.6 Å². The average molecular weight is 521 g/mol. The second kappa shape index (κ2) is 12.1. The van der Waals surface area contributed by atoms with Crippen molar-refractivity contribution in [2.75, 3.05) is 17.2 Å². The molecule has 0 spiro atoms. The van der Waals surface area contributed by atoms with Gasteiger partial charge < -0.3 is 4.90 Å². The summed E-state index contributed by atoms with van der Waals surface area (Å²) in [6, 6.07) is 34.6. The number of nitrogens with zero attached hydrogens (tertiary/aromatic N) is 4. The van der Waals surface area contributed by atoms with Crippen molar-refractivity contribution in [2.24, 2.45) is 14.1 Å². The van der Waals surface area contributed by atoms with E-state index in [1.165, 1.54) is 38.7 Å². The summed E-state index contributed by atoms with van der Waals surface area (Å²) in [5, 5.41) is 1.27. The molecular weight excluding hydrogens is 484 g/mol. The van der Waals surface area contributed by atoms with Crippen molar-refractivity contribution in [3.05, 3.63) is 120 Å². The predicted molar refractivity (Wildman–Crippen MR) is 160 cm³/mol. The molecule has 38 heavy (non-hydrogen) atoms. The molecule has 5 aromatic rings. The van der Waals surface area contributed by atoms with Gasteiger partial charge in [0.15, 0.2) is 17.2 Å². The van der Waals surface area contributed by atoms with Crippen LogP contribution in [0.5, 0.6) is 0 Å². The lowest BCUT2D eigenvalue weighted by Crippen LogP contribution is -2.34. The molecule has 0 aliphatic heterocycles. The van der Waals surface area contributed by atoms with Gasteiger partial charge >= 0.3 is 5.16 Å². The minimum atomic E-state index is 0.887. The highest BCUT2D eigenvalue weighted by Gasteiger charge is 2.20. The Morgan fingerprint density at radius 1 is 0.842 bits per heavy atom. The van der Waals surface area contributed by atoms with Crippen LogP contribution in [0.25, 0.3) is 23.2 Å². The maximum Gasteiger partial charge on any atom is 0.318 e. The maximum atomic E-state index is 2.49. The molecule has 0 atom stereocenters. The molecule has 2 heterocycles. The second-order valence-corrected chi connectivity index (χ2v) is 10.5. The quantitative estimate of drug-likeness (QED) is 0.159. The second-order valence-electron chi connectivity index (χ2n) is 9.48. The van der Waals surface area contributed by atoms with Gasteiger partial charge in [-0.25, -0.2) is 9.13 Å². The number of anilines is 1. The fourth-order valence-electron chi connectivity index (χ4n) is 4.91. The van der Waals surface area contributed by atoms with Gasteiger partial charge in [0.1, 0.15) is 6.54 Å². The normalized spacial score (nSPS) is 11.4. The Morgan fingerprint density at radius 3 is 2.34 bits per heavy atom. The van der Waals surface area contributed by atoms with Crippen molar-refractivity contribution in [1.82, 2.24) is 4.57 Å². The number of hydrogen-bond acceptors (Lipinski definition) is 2. The van der Waals surface area contributed by atoms with Crippen molar-refractivity contribution in [3.63, 3.8) is 0 Å². The molecule has 0 bridgehead atoms. The number of aryl methyl sites for hydroxylation is 3. The van der Waals surface area contributed by atoms with E-state index in [9.17, 15) is 0 Å². The number of benzene rings is 3. The fourth-order valence-corrected chi connectivity index (χ4v) is 5.99. The summed E-state index contributed by atoms with van der Waals surface area (Å²) in [4.78, 5) is 2.49. The van der Waals surface area contributed by atoms with Crippen LogP contribution in [-0.2, 0) is 27.2 Å². The highest BCUT2D eigenvalue weighted by Crippen LogP contribution is 2.23. The van der Waals surface area contributed by atoms with Crippen LogP contribution in [-0.4, -0.2) is 16.9 Å². The Morgan fingerprint density at radius 2 is 1.58 bits per heavy atom. The molecule has 4 nitrogen and oxygen atoms in total. The number of imidazole rings is 1. The van der Waals surface area contributed by atoms with E-state index in [4.69, 9.17) is 0 Å². The molecule has 0 saturated carbocycles. The molecule has 0 fully saturated rings. The van der Waals surface area contributed by atoms with Crippen molar-refractivity contribution in [3.8, 4) is 0 Å². The van der Waals surface area contributed by atoms with E-state index in [2.05, 4.69) is 155 Å². The summed E-state index contributed by atoms with van der Waals surface area (Å²) in [6.45, 7) is 4.98. The zero-order chi connectivity index (χ0) is 26.3. The van der Waals surface area contributed by atoms with Crippen molar-refractivity contribution in [1.29, 1.82) is 0 Å². The van der Waals surface area contributed by atoms with Crippen LogP contribution in [0.3, 0.4) is 0 Å². The van der Waals surface area contributed by atoms with Crippen molar-refractivity contribution < 1.29 is 9.13 Å². The highest BCUT2D eigenvalue weighted by molar-refractivity contribution is 7.99. The molecule has 0 saturated heterocycles. The largest absolute Gasteiger partial charge is 0.366 e. The van der Waals surface area contributed by atoms with E-state index in [1.54, 1.807) is 0 Å². The fraction of sp³-hybridized carbons (Fsp3) is 0.212. The number of pyridine rings is 1. The molecule has 192 valence electrons. The molecule has 2 aromatic heterocycles. The molecule has 3 aromatic carbocycles. The number of aromatic nitrogens is 3. The standard InChI is InChI=1S/C33H36N4S/c1-4-36-23-11-10-14-29(36)20-17-27-18-21-30(22-19-27)37(26-28-12-6-5-7-13-28)24-25-38-33-34(2)31-15-8-9-16-32(31)35(33)3/h5-23H,4,24-26H2,1-3H3/q+2. The van der Waals surface area contributed by atoms with E-state index in [0.29, 0.717) is 0 Å². The molecular formula is C33H36N4S+2. The van der Waals surface area contributed by atoms with Crippen LogP contribution in [0.1, 0.15) is 23.7 Å². The summed E-state index contributed by atoms with van der Waals surface area (Å²) >= 11 is 1.92. The number of rotatable bonds is 10. The van der Waals surface area contributed by atoms with Crippen molar-refractivity contribution in [2.45, 2.75) is 25.2 Å². The Labute approximate surface area is 230 Å². The van der Waals surface area contributed by atoms with Gasteiger partial charge in [0.25, 0.3) is 0 Å². The van der Waals surface area contributed by atoms with Crippen LogP contribution in [0.4, 0.5) is 5.69 Å². The van der Waals surface area contributed by atoms with Gasteiger partial charge in [-0.2, -0.15) is 4.57 Å². The van der Waals surface area contributed by atoms with Gasteiger partial charge in [0, 0.05) is 42.7 Å². The van der Waals surface area contributed by atoms with E-state index < -0.39 is 0 Å². The van der Waals surface area contributed by atoms with Gasteiger partial charge in [0.05, 0.1) is 14.1 Å². The maximum absolute atomic E-state index is 2.49. The highest BCUT2D eigenvalue weighted by atomic mass is 32.2. The van der Waals surface area contributed by atoms with Gasteiger partial charge in [-0.3, -0.25) is 0 Å². The monoisotopic (exact) mass is 520 g/mol.